The molecule has 5 nitrogen and oxygen atoms in total. The van der Waals surface area contributed by atoms with E-state index in [-0.39, 0.29) is 5.91 Å². The average Bonchev–Trinajstić information content (AvgIpc) is 2.44. The van der Waals surface area contributed by atoms with Crippen molar-refractivity contribution in [1.29, 1.82) is 0 Å². The Bertz CT molecular complexity index is 494. The highest BCUT2D eigenvalue weighted by Crippen LogP contribution is 2.18. The lowest BCUT2D eigenvalue weighted by Crippen LogP contribution is -2.53. The van der Waals surface area contributed by atoms with Crippen LogP contribution in [0.25, 0.3) is 0 Å². The molecule has 1 amide bonds. The van der Waals surface area contributed by atoms with Crippen molar-refractivity contribution >= 4 is 17.6 Å². The summed E-state index contributed by atoms with van der Waals surface area (Å²) in [7, 11) is 3.77. The van der Waals surface area contributed by atoms with E-state index in [2.05, 4.69) is 5.32 Å². The molecular weight excluding hydrogens is 256 g/mol. The van der Waals surface area contributed by atoms with Crippen LogP contribution >= 0.6 is 0 Å². The minimum Gasteiger partial charge on any atom is -0.480 e. The van der Waals surface area contributed by atoms with Crippen LogP contribution in [-0.2, 0) is 4.79 Å². The van der Waals surface area contributed by atoms with Crippen LogP contribution in [0.1, 0.15) is 37.0 Å². The number of carbonyl (C=O) groups excluding carboxylic acids is 1. The molecule has 0 atom stereocenters. The fourth-order valence-electron chi connectivity index (χ4n) is 2.00. The van der Waals surface area contributed by atoms with Crippen LogP contribution in [0.4, 0.5) is 5.69 Å². The largest absolute Gasteiger partial charge is 0.480 e. The Kier molecular flexibility index (Phi) is 5.13. The quantitative estimate of drug-likeness (QED) is 0.836. The number of amides is 1. The number of aliphatic carboxylic acids is 1. The fraction of sp³-hybridized carbons (Fsp3) is 0.467. The number of carboxylic acid groups (broad SMARTS) is 1. The summed E-state index contributed by atoms with van der Waals surface area (Å²) in [5.41, 5.74) is 0.154. The van der Waals surface area contributed by atoms with Gasteiger partial charge >= 0.3 is 5.97 Å². The van der Waals surface area contributed by atoms with Crippen LogP contribution in [0.15, 0.2) is 24.3 Å². The predicted octanol–water partition coefficient (Wildman–Crippen LogP) is 2.13. The normalized spacial score (nSPS) is 11.0. The average molecular weight is 278 g/mol. The Labute approximate surface area is 119 Å². The standard InChI is InChI=1S/C15H22N2O3/c1-5-15(6-2,14(19)20)16-13(18)11-8-7-9-12(10-11)17(3)4/h7-10H,5-6H2,1-4H3,(H,16,18)(H,19,20). The molecular formula is C15H22N2O3. The van der Waals surface area contributed by atoms with E-state index in [0.717, 1.165) is 5.69 Å². The molecule has 0 saturated heterocycles. The Morgan fingerprint density at radius 1 is 1.25 bits per heavy atom. The van der Waals surface area contributed by atoms with E-state index in [9.17, 15) is 14.7 Å². The molecule has 0 aliphatic rings. The van der Waals surface area contributed by atoms with Gasteiger partial charge in [-0.3, -0.25) is 4.79 Å². The molecule has 0 aliphatic heterocycles. The summed E-state index contributed by atoms with van der Waals surface area (Å²) < 4.78 is 0. The van der Waals surface area contributed by atoms with Crippen molar-refractivity contribution in [2.45, 2.75) is 32.2 Å². The third-order valence-electron chi connectivity index (χ3n) is 3.59. The van der Waals surface area contributed by atoms with Crippen molar-refractivity contribution in [3.8, 4) is 0 Å². The lowest BCUT2D eigenvalue weighted by molar-refractivity contribution is -0.144. The van der Waals surface area contributed by atoms with E-state index in [1.807, 2.05) is 25.1 Å². The first kappa shape index (κ1) is 16.0. The molecule has 5 heteroatoms. The zero-order chi connectivity index (χ0) is 15.3. The van der Waals surface area contributed by atoms with Gasteiger partial charge in [0.05, 0.1) is 0 Å². The Hall–Kier alpha value is -2.04. The van der Waals surface area contributed by atoms with Gasteiger partial charge in [-0.05, 0) is 31.0 Å². The lowest BCUT2D eigenvalue weighted by Gasteiger charge is -2.28. The second-order valence-electron chi connectivity index (χ2n) is 4.99. The van der Waals surface area contributed by atoms with Gasteiger partial charge in [0.1, 0.15) is 5.54 Å². The maximum Gasteiger partial charge on any atom is 0.329 e. The molecule has 0 spiro atoms. The van der Waals surface area contributed by atoms with Crippen molar-refractivity contribution in [1.82, 2.24) is 5.32 Å². The van der Waals surface area contributed by atoms with Crippen molar-refractivity contribution in [3.05, 3.63) is 29.8 Å². The van der Waals surface area contributed by atoms with Crippen LogP contribution in [0.2, 0.25) is 0 Å². The first-order valence-electron chi connectivity index (χ1n) is 6.69. The SMILES string of the molecule is CCC(CC)(NC(=O)c1cccc(N(C)C)c1)C(=O)O. The summed E-state index contributed by atoms with van der Waals surface area (Å²) in [5.74, 6) is -1.36. The van der Waals surface area contributed by atoms with Gasteiger partial charge in [0.2, 0.25) is 0 Å². The topological polar surface area (TPSA) is 69.6 Å². The number of nitrogens with one attached hydrogen (secondary N) is 1. The van der Waals surface area contributed by atoms with Gasteiger partial charge in [-0.15, -0.1) is 0 Å². The van der Waals surface area contributed by atoms with Gasteiger partial charge in [0.25, 0.3) is 5.91 Å². The first-order chi connectivity index (χ1) is 9.36. The molecule has 0 fully saturated rings. The number of rotatable bonds is 6. The first-order valence-corrected chi connectivity index (χ1v) is 6.69. The molecule has 0 radical (unpaired) electrons. The van der Waals surface area contributed by atoms with Crippen molar-refractivity contribution in [2.75, 3.05) is 19.0 Å². The molecule has 0 heterocycles. The third-order valence-corrected chi connectivity index (χ3v) is 3.59. The highest BCUT2D eigenvalue weighted by atomic mass is 16.4. The summed E-state index contributed by atoms with van der Waals surface area (Å²) in [6, 6.07) is 7.10. The molecule has 2 N–H and O–H groups in total. The number of anilines is 1. The van der Waals surface area contributed by atoms with Crippen LogP contribution < -0.4 is 10.2 Å². The minimum atomic E-state index is -1.20. The minimum absolute atomic E-state index is 0.345. The zero-order valence-electron chi connectivity index (χ0n) is 12.4. The highest BCUT2D eigenvalue weighted by molar-refractivity contribution is 5.98. The van der Waals surface area contributed by atoms with Crippen molar-refractivity contribution in [2.24, 2.45) is 0 Å². The number of hydrogen-bond acceptors (Lipinski definition) is 3. The molecule has 0 aliphatic carbocycles. The number of benzene rings is 1. The maximum atomic E-state index is 12.3. The molecule has 0 aromatic heterocycles. The van der Waals surface area contributed by atoms with Crippen molar-refractivity contribution in [3.63, 3.8) is 0 Å². The van der Waals surface area contributed by atoms with E-state index in [4.69, 9.17) is 0 Å². The Morgan fingerprint density at radius 3 is 2.30 bits per heavy atom. The molecule has 0 unspecified atom stereocenters. The molecule has 1 rings (SSSR count). The molecule has 20 heavy (non-hydrogen) atoms. The summed E-state index contributed by atoms with van der Waals surface area (Å²) in [6.07, 6.45) is 0.690. The smallest absolute Gasteiger partial charge is 0.329 e. The zero-order valence-corrected chi connectivity index (χ0v) is 12.4. The number of carboxylic acids is 1. The van der Waals surface area contributed by atoms with E-state index in [0.29, 0.717) is 18.4 Å². The van der Waals surface area contributed by atoms with E-state index >= 15 is 0 Å². The van der Waals surface area contributed by atoms with Gasteiger partial charge in [-0.1, -0.05) is 19.9 Å². The van der Waals surface area contributed by atoms with Crippen LogP contribution in [0.5, 0.6) is 0 Å². The van der Waals surface area contributed by atoms with Gasteiger partial charge in [0.15, 0.2) is 0 Å². The number of carbonyl (C=O) groups is 2. The number of hydrogen-bond donors (Lipinski definition) is 2. The van der Waals surface area contributed by atoms with Gasteiger partial charge in [-0.2, -0.15) is 0 Å². The maximum absolute atomic E-state index is 12.3. The van der Waals surface area contributed by atoms with E-state index in [1.165, 1.54) is 0 Å². The van der Waals surface area contributed by atoms with Crippen LogP contribution in [0.3, 0.4) is 0 Å². The predicted molar refractivity (Wildman–Crippen MR) is 79.2 cm³/mol. The number of nitrogens with zero attached hydrogens (tertiary/aromatic N) is 1. The highest BCUT2D eigenvalue weighted by Gasteiger charge is 2.36. The fourth-order valence-corrected chi connectivity index (χ4v) is 2.00. The molecule has 1 aromatic carbocycles. The van der Waals surface area contributed by atoms with E-state index in [1.54, 1.807) is 32.0 Å². The molecule has 0 bridgehead atoms. The van der Waals surface area contributed by atoms with Crippen LogP contribution in [-0.4, -0.2) is 36.6 Å². The second kappa shape index (κ2) is 6.41. The summed E-state index contributed by atoms with van der Waals surface area (Å²) in [4.78, 5) is 25.6. The third kappa shape index (κ3) is 3.29. The Morgan fingerprint density at radius 2 is 1.85 bits per heavy atom. The van der Waals surface area contributed by atoms with Crippen LogP contribution in [0, 0.1) is 0 Å². The molecule has 0 saturated carbocycles. The Balaban J connectivity index is 3.01. The van der Waals surface area contributed by atoms with E-state index < -0.39 is 11.5 Å². The molecule has 110 valence electrons. The van der Waals surface area contributed by atoms with Gasteiger partial charge in [-0.25, -0.2) is 4.79 Å². The summed E-state index contributed by atoms with van der Waals surface area (Å²) in [5, 5.41) is 12.0. The summed E-state index contributed by atoms with van der Waals surface area (Å²) in [6.45, 7) is 3.52. The van der Waals surface area contributed by atoms with Crippen molar-refractivity contribution < 1.29 is 14.7 Å². The monoisotopic (exact) mass is 278 g/mol. The summed E-state index contributed by atoms with van der Waals surface area (Å²) >= 11 is 0. The molecule has 1 aromatic rings. The van der Waals surface area contributed by atoms with Gasteiger partial charge in [0, 0.05) is 25.3 Å². The van der Waals surface area contributed by atoms with Gasteiger partial charge < -0.3 is 15.3 Å². The lowest BCUT2D eigenvalue weighted by atomic mass is 9.92. The second-order valence-corrected chi connectivity index (χ2v) is 4.99.